The van der Waals surface area contributed by atoms with E-state index in [0.717, 1.165) is 31.4 Å². The van der Waals surface area contributed by atoms with Crippen LogP contribution in [0.25, 0.3) is 5.78 Å². The number of carbonyl (C=O) groups excluding carboxylic acids is 2. The number of aryl methyl sites for hydroxylation is 1. The Morgan fingerprint density at radius 3 is 2.96 bits per heavy atom. The van der Waals surface area contributed by atoms with E-state index in [1.165, 1.54) is 0 Å². The summed E-state index contributed by atoms with van der Waals surface area (Å²) < 4.78 is 7.13. The molecule has 1 amide bonds. The molecule has 1 aliphatic carbocycles. The van der Waals surface area contributed by atoms with Gasteiger partial charge in [0.05, 0.1) is 12.3 Å². The van der Waals surface area contributed by atoms with Crippen molar-refractivity contribution in [1.29, 1.82) is 0 Å². The van der Waals surface area contributed by atoms with Gasteiger partial charge in [0.2, 0.25) is 11.9 Å². The first kappa shape index (κ1) is 14.1. The van der Waals surface area contributed by atoms with Gasteiger partial charge in [-0.2, -0.15) is 0 Å². The average molecular weight is 315 g/mol. The summed E-state index contributed by atoms with van der Waals surface area (Å²) >= 11 is 0. The minimum Gasteiger partial charge on any atom is -0.458 e. The molecule has 0 bridgehead atoms. The number of aromatic nitrogens is 4. The zero-order chi connectivity index (χ0) is 16.0. The lowest BCUT2D eigenvalue weighted by Gasteiger charge is -2.27. The molecule has 8 heteroatoms. The van der Waals surface area contributed by atoms with Crippen molar-refractivity contribution >= 4 is 23.6 Å². The molecule has 2 aromatic heterocycles. The molecule has 1 saturated heterocycles. The highest BCUT2D eigenvalue weighted by Crippen LogP contribution is 2.45. The van der Waals surface area contributed by atoms with Crippen LogP contribution in [0.1, 0.15) is 37.8 Å². The summed E-state index contributed by atoms with van der Waals surface area (Å²) in [5, 5.41) is 10.7. The maximum Gasteiger partial charge on any atom is 0.307 e. The number of fused-ring (bicyclic) bond motifs is 1. The van der Waals surface area contributed by atoms with Gasteiger partial charge in [0.15, 0.2) is 0 Å². The fraction of sp³-hybridized carbons (Fsp3) is 0.533. The second kappa shape index (κ2) is 5.00. The normalized spacial score (nSPS) is 22.7. The van der Waals surface area contributed by atoms with Crippen molar-refractivity contribution in [3.8, 4) is 0 Å². The largest absolute Gasteiger partial charge is 0.458 e. The number of amides is 1. The molecule has 23 heavy (non-hydrogen) atoms. The van der Waals surface area contributed by atoms with Gasteiger partial charge in [-0.25, -0.2) is 4.98 Å². The molecule has 1 N–H and O–H groups in total. The highest BCUT2D eigenvalue weighted by Gasteiger charge is 2.54. The van der Waals surface area contributed by atoms with E-state index in [0.29, 0.717) is 11.7 Å². The van der Waals surface area contributed by atoms with Crippen molar-refractivity contribution in [2.45, 2.75) is 44.6 Å². The van der Waals surface area contributed by atoms with Gasteiger partial charge < -0.3 is 4.74 Å². The van der Waals surface area contributed by atoms with Crippen LogP contribution in [0.3, 0.4) is 0 Å². The Balaban J connectivity index is 1.60. The summed E-state index contributed by atoms with van der Waals surface area (Å²) in [5.41, 5.74) is 0.193. The van der Waals surface area contributed by atoms with Crippen LogP contribution in [0.15, 0.2) is 12.3 Å². The molecular formula is C15H17N5O3. The summed E-state index contributed by atoms with van der Waals surface area (Å²) in [6.07, 6.45) is 5.34. The van der Waals surface area contributed by atoms with Crippen molar-refractivity contribution in [1.82, 2.24) is 19.6 Å². The molecule has 8 nitrogen and oxygen atoms in total. The third-order valence-electron chi connectivity index (χ3n) is 4.74. The van der Waals surface area contributed by atoms with Gasteiger partial charge in [-0.3, -0.25) is 19.3 Å². The Bertz CT molecular complexity index is 794. The Kier molecular flexibility index (Phi) is 3.07. The Morgan fingerprint density at radius 1 is 1.39 bits per heavy atom. The molecule has 2 aromatic rings. The van der Waals surface area contributed by atoms with Crippen LogP contribution in [-0.2, 0) is 14.3 Å². The molecule has 0 radical (unpaired) electrons. The maximum atomic E-state index is 12.7. The second-order valence-electron chi connectivity index (χ2n) is 6.25. The lowest BCUT2D eigenvalue weighted by Crippen LogP contribution is -2.39. The van der Waals surface area contributed by atoms with Gasteiger partial charge >= 0.3 is 5.97 Å². The van der Waals surface area contributed by atoms with Crippen molar-refractivity contribution in [3.63, 3.8) is 0 Å². The number of carbonyl (C=O) groups is 2. The predicted octanol–water partition coefficient (Wildman–Crippen LogP) is 1.25. The molecule has 3 heterocycles. The summed E-state index contributed by atoms with van der Waals surface area (Å²) in [5.74, 6) is -0.272. The van der Waals surface area contributed by atoms with E-state index >= 15 is 0 Å². The number of anilines is 1. The quantitative estimate of drug-likeness (QED) is 0.837. The fourth-order valence-electron chi connectivity index (χ4n) is 3.60. The Hall–Kier alpha value is -2.51. The summed E-state index contributed by atoms with van der Waals surface area (Å²) in [7, 11) is 0. The van der Waals surface area contributed by atoms with Crippen LogP contribution < -0.4 is 5.32 Å². The molecular weight excluding hydrogens is 298 g/mol. The number of nitrogens with zero attached hydrogens (tertiary/aromatic N) is 4. The SMILES string of the molecule is Cc1ccn2c(NC(=O)C3CC(=O)OC34CCCC4)nnc2n1. The van der Waals surface area contributed by atoms with Crippen LogP contribution in [0.5, 0.6) is 0 Å². The molecule has 1 aliphatic heterocycles. The smallest absolute Gasteiger partial charge is 0.307 e. The molecule has 2 fully saturated rings. The lowest BCUT2D eigenvalue weighted by atomic mass is 9.85. The molecule has 120 valence electrons. The molecule has 0 aromatic carbocycles. The number of hydrogen-bond donors (Lipinski definition) is 1. The standard InChI is InChI=1S/C15H17N5O3/c1-9-4-7-20-13(16-9)18-19-14(20)17-12(22)10-8-11(21)23-15(10)5-2-3-6-15/h4,7,10H,2-3,5-6,8H2,1H3,(H,17,19,22). The Morgan fingerprint density at radius 2 is 2.17 bits per heavy atom. The van der Waals surface area contributed by atoms with Crippen LogP contribution in [-0.4, -0.2) is 37.1 Å². The van der Waals surface area contributed by atoms with Crippen molar-refractivity contribution in [2.75, 3.05) is 5.32 Å². The van der Waals surface area contributed by atoms with E-state index in [1.54, 1.807) is 10.6 Å². The lowest BCUT2D eigenvalue weighted by molar-refractivity contribution is -0.149. The first-order valence-electron chi connectivity index (χ1n) is 7.78. The highest BCUT2D eigenvalue weighted by atomic mass is 16.6. The zero-order valence-electron chi connectivity index (χ0n) is 12.8. The first-order valence-corrected chi connectivity index (χ1v) is 7.78. The van der Waals surface area contributed by atoms with Gasteiger partial charge in [0.1, 0.15) is 5.60 Å². The van der Waals surface area contributed by atoms with Crippen LogP contribution in [0, 0.1) is 12.8 Å². The summed E-state index contributed by atoms with van der Waals surface area (Å²) in [6.45, 7) is 1.86. The van der Waals surface area contributed by atoms with E-state index in [9.17, 15) is 9.59 Å². The summed E-state index contributed by atoms with van der Waals surface area (Å²) in [4.78, 5) is 28.7. The summed E-state index contributed by atoms with van der Waals surface area (Å²) in [6, 6.07) is 1.81. The molecule has 1 spiro atoms. The van der Waals surface area contributed by atoms with Gasteiger partial charge in [-0.1, -0.05) is 0 Å². The third-order valence-corrected chi connectivity index (χ3v) is 4.74. The number of rotatable bonds is 2. The molecule has 2 aliphatic rings. The topological polar surface area (TPSA) is 98.5 Å². The van der Waals surface area contributed by atoms with Crippen LogP contribution in [0.4, 0.5) is 5.95 Å². The van der Waals surface area contributed by atoms with Gasteiger partial charge in [0, 0.05) is 11.9 Å². The first-order chi connectivity index (χ1) is 11.1. The predicted molar refractivity (Wildman–Crippen MR) is 79.5 cm³/mol. The van der Waals surface area contributed by atoms with E-state index < -0.39 is 11.5 Å². The Labute approximate surface area is 132 Å². The van der Waals surface area contributed by atoms with Gasteiger partial charge in [-0.15, -0.1) is 10.2 Å². The molecule has 1 atom stereocenters. The average Bonchev–Trinajstić information content (AvgIpc) is 3.20. The van der Waals surface area contributed by atoms with Crippen LogP contribution in [0.2, 0.25) is 0 Å². The second-order valence-corrected chi connectivity index (χ2v) is 6.25. The van der Waals surface area contributed by atoms with Crippen molar-refractivity contribution in [3.05, 3.63) is 18.0 Å². The van der Waals surface area contributed by atoms with E-state index in [4.69, 9.17) is 4.74 Å². The molecule has 1 saturated carbocycles. The number of hydrogen-bond acceptors (Lipinski definition) is 6. The van der Waals surface area contributed by atoms with E-state index in [1.807, 2.05) is 13.0 Å². The van der Waals surface area contributed by atoms with Crippen molar-refractivity contribution in [2.24, 2.45) is 5.92 Å². The van der Waals surface area contributed by atoms with Gasteiger partial charge in [-0.05, 0) is 38.7 Å². The highest BCUT2D eigenvalue weighted by molar-refractivity contribution is 5.96. The number of esters is 1. The fourth-order valence-corrected chi connectivity index (χ4v) is 3.60. The van der Waals surface area contributed by atoms with Crippen molar-refractivity contribution < 1.29 is 14.3 Å². The number of nitrogens with one attached hydrogen (secondary N) is 1. The minimum absolute atomic E-state index is 0.125. The monoisotopic (exact) mass is 315 g/mol. The maximum absolute atomic E-state index is 12.7. The third kappa shape index (κ3) is 2.25. The van der Waals surface area contributed by atoms with E-state index in [2.05, 4.69) is 20.5 Å². The van der Waals surface area contributed by atoms with Gasteiger partial charge in [0.25, 0.3) is 5.78 Å². The number of ether oxygens (including phenoxy) is 1. The van der Waals surface area contributed by atoms with E-state index in [-0.39, 0.29) is 18.3 Å². The zero-order valence-corrected chi connectivity index (χ0v) is 12.8. The molecule has 1 unspecified atom stereocenters. The molecule has 4 rings (SSSR count). The van der Waals surface area contributed by atoms with Crippen LogP contribution >= 0.6 is 0 Å². The minimum atomic E-state index is -0.628.